The summed E-state index contributed by atoms with van der Waals surface area (Å²) in [6, 6.07) is 2.63. The van der Waals surface area contributed by atoms with Crippen LogP contribution in [0, 0.1) is 17.7 Å². The smallest absolute Gasteiger partial charge is 0.144 e. The molecule has 1 aromatic heterocycles. The Hall–Kier alpha value is -0.960. The van der Waals surface area contributed by atoms with E-state index < -0.39 is 0 Å². The molecule has 0 spiro atoms. The average Bonchev–Trinajstić information content (AvgIpc) is 3.30. The molecule has 3 heteroatoms. The van der Waals surface area contributed by atoms with Crippen molar-refractivity contribution < 1.29 is 4.39 Å². The monoisotopic (exact) mass is 276 g/mol. The second kappa shape index (κ2) is 6.21. The normalized spacial score (nSPS) is 30.4. The van der Waals surface area contributed by atoms with Gasteiger partial charge in [-0.15, -0.1) is 0 Å². The molecule has 20 heavy (non-hydrogen) atoms. The lowest BCUT2D eigenvalue weighted by Gasteiger charge is -2.36. The summed E-state index contributed by atoms with van der Waals surface area (Å²) in [7, 11) is 0. The van der Waals surface area contributed by atoms with Gasteiger partial charge in [0, 0.05) is 12.2 Å². The molecule has 1 aromatic rings. The molecule has 110 valence electrons. The Bertz CT molecular complexity index is 444. The summed E-state index contributed by atoms with van der Waals surface area (Å²) in [5.41, 5.74) is 0.890. The lowest BCUT2D eigenvalue weighted by molar-refractivity contribution is 0.221. The van der Waals surface area contributed by atoms with Gasteiger partial charge < -0.3 is 5.32 Å². The highest BCUT2D eigenvalue weighted by atomic mass is 19.1. The van der Waals surface area contributed by atoms with Crippen LogP contribution >= 0.6 is 0 Å². The highest BCUT2D eigenvalue weighted by molar-refractivity contribution is 5.20. The van der Waals surface area contributed by atoms with E-state index in [0.717, 1.165) is 30.5 Å². The van der Waals surface area contributed by atoms with Crippen molar-refractivity contribution in [3.05, 3.63) is 29.8 Å². The van der Waals surface area contributed by atoms with Gasteiger partial charge in [-0.25, -0.2) is 4.39 Å². The first-order valence-electron chi connectivity index (χ1n) is 8.10. The number of aromatic nitrogens is 1. The van der Waals surface area contributed by atoms with Crippen molar-refractivity contribution in [2.75, 3.05) is 6.54 Å². The number of rotatable bonds is 5. The van der Waals surface area contributed by atoms with E-state index in [1.807, 2.05) is 6.07 Å². The minimum absolute atomic E-state index is 0.120. The third kappa shape index (κ3) is 3.20. The largest absolute Gasteiger partial charge is 0.314 e. The molecule has 0 radical (unpaired) electrons. The van der Waals surface area contributed by atoms with Crippen molar-refractivity contribution in [3.63, 3.8) is 0 Å². The van der Waals surface area contributed by atoms with Crippen LogP contribution in [0.4, 0.5) is 4.39 Å². The van der Waals surface area contributed by atoms with Crippen molar-refractivity contribution in [2.45, 2.75) is 57.4 Å². The zero-order chi connectivity index (χ0) is 13.9. The third-order valence-corrected chi connectivity index (χ3v) is 5.13. The van der Waals surface area contributed by atoms with E-state index in [4.69, 9.17) is 0 Å². The minimum Gasteiger partial charge on any atom is -0.314 e. The van der Waals surface area contributed by atoms with Gasteiger partial charge in [0.25, 0.3) is 0 Å². The summed E-state index contributed by atoms with van der Waals surface area (Å²) >= 11 is 0. The van der Waals surface area contributed by atoms with Crippen molar-refractivity contribution in [1.82, 2.24) is 10.3 Å². The number of halogens is 1. The summed E-state index contributed by atoms with van der Waals surface area (Å²) in [5, 5.41) is 3.64. The van der Waals surface area contributed by atoms with Crippen LogP contribution in [0.3, 0.4) is 0 Å². The van der Waals surface area contributed by atoms with Gasteiger partial charge in [0.2, 0.25) is 0 Å². The van der Waals surface area contributed by atoms with E-state index in [2.05, 4.69) is 17.2 Å². The molecule has 2 fully saturated rings. The van der Waals surface area contributed by atoms with E-state index >= 15 is 0 Å². The van der Waals surface area contributed by atoms with Crippen LogP contribution in [0.25, 0.3) is 0 Å². The van der Waals surface area contributed by atoms with Gasteiger partial charge in [0.1, 0.15) is 5.82 Å². The van der Waals surface area contributed by atoms with Crippen LogP contribution in [0.15, 0.2) is 18.5 Å². The number of pyridine rings is 1. The molecular formula is C17H25FN2. The number of hydrogen-bond acceptors (Lipinski definition) is 2. The first-order valence-corrected chi connectivity index (χ1v) is 8.10. The molecule has 2 nitrogen and oxygen atoms in total. The second-order valence-corrected chi connectivity index (χ2v) is 6.53. The minimum atomic E-state index is -0.120. The SMILES string of the molecule is CCC1CCC(CNC2CC2)C(c2ccncc2F)C1. The number of nitrogens with one attached hydrogen (secondary N) is 1. The molecule has 3 unspecified atom stereocenters. The lowest BCUT2D eigenvalue weighted by atomic mass is 9.70. The summed E-state index contributed by atoms with van der Waals surface area (Å²) in [5.74, 6) is 1.58. The highest BCUT2D eigenvalue weighted by Crippen LogP contribution is 2.42. The number of nitrogens with zero attached hydrogens (tertiary/aromatic N) is 1. The Morgan fingerprint density at radius 1 is 1.30 bits per heavy atom. The molecule has 2 saturated carbocycles. The molecular weight excluding hydrogens is 251 g/mol. The van der Waals surface area contributed by atoms with Crippen LogP contribution in [-0.4, -0.2) is 17.6 Å². The fraction of sp³-hybridized carbons (Fsp3) is 0.706. The molecule has 1 N–H and O–H groups in total. The van der Waals surface area contributed by atoms with E-state index in [9.17, 15) is 4.39 Å². The number of hydrogen-bond donors (Lipinski definition) is 1. The quantitative estimate of drug-likeness (QED) is 0.882. The summed E-state index contributed by atoms with van der Waals surface area (Å²) < 4.78 is 14.1. The predicted molar refractivity (Wildman–Crippen MR) is 79.1 cm³/mol. The maximum Gasteiger partial charge on any atom is 0.144 e. The van der Waals surface area contributed by atoms with Crippen molar-refractivity contribution >= 4 is 0 Å². The predicted octanol–water partition coefficient (Wildman–Crippen LogP) is 3.88. The molecule has 2 aliphatic rings. The van der Waals surface area contributed by atoms with Gasteiger partial charge in [-0.05, 0) is 61.6 Å². The molecule has 1 heterocycles. The van der Waals surface area contributed by atoms with Crippen LogP contribution in [0.2, 0.25) is 0 Å². The molecule has 2 aliphatic carbocycles. The Labute approximate surface area is 121 Å². The summed E-state index contributed by atoms with van der Waals surface area (Å²) in [6.45, 7) is 3.31. The van der Waals surface area contributed by atoms with E-state index in [0.29, 0.717) is 11.8 Å². The fourth-order valence-corrected chi connectivity index (χ4v) is 3.61. The molecule has 0 bridgehead atoms. The maximum atomic E-state index is 14.1. The van der Waals surface area contributed by atoms with Crippen LogP contribution in [0.5, 0.6) is 0 Å². The van der Waals surface area contributed by atoms with Crippen molar-refractivity contribution in [1.29, 1.82) is 0 Å². The van der Waals surface area contributed by atoms with E-state index in [1.54, 1.807) is 6.20 Å². The van der Waals surface area contributed by atoms with Crippen LogP contribution in [0.1, 0.15) is 56.9 Å². The van der Waals surface area contributed by atoms with Gasteiger partial charge in [-0.2, -0.15) is 0 Å². The van der Waals surface area contributed by atoms with Crippen LogP contribution in [-0.2, 0) is 0 Å². The van der Waals surface area contributed by atoms with Crippen LogP contribution < -0.4 is 5.32 Å². The van der Waals surface area contributed by atoms with Gasteiger partial charge in [-0.1, -0.05) is 19.8 Å². The average molecular weight is 276 g/mol. The zero-order valence-corrected chi connectivity index (χ0v) is 12.3. The van der Waals surface area contributed by atoms with Gasteiger partial charge in [0.15, 0.2) is 0 Å². The van der Waals surface area contributed by atoms with E-state index in [1.165, 1.54) is 38.3 Å². The summed E-state index contributed by atoms with van der Waals surface area (Å²) in [4.78, 5) is 3.90. The molecule has 0 aromatic carbocycles. The first-order chi connectivity index (χ1) is 9.78. The highest BCUT2D eigenvalue weighted by Gasteiger charge is 2.33. The molecule has 0 aliphatic heterocycles. The Morgan fingerprint density at radius 2 is 2.15 bits per heavy atom. The maximum absolute atomic E-state index is 14.1. The Kier molecular flexibility index (Phi) is 4.35. The van der Waals surface area contributed by atoms with Crippen molar-refractivity contribution in [3.8, 4) is 0 Å². The fourth-order valence-electron chi connectivity index (χ4n) is 3.61. The van der Waals surface area contributed by atoms with Gasteiger partial charge in [0.05, 0.1) is 6.20 Å². The van der Waals surface area contributed by atoms with Gasteiger partial charge in [-0.3, -0.25) is 4.98 Å². The molecule has 0 amide bonds. The first kappa shape index (κ1) is 14.0. The molecule has 3 atom stereocenters. The standard InChI is InChI=1S/C17H25FN2/c1-2-12-3-4-13(10-20-14-5-6-14)16(9-12)15-7-8-19-11-17(15)18/h7-8,11-14,16,20H,2-6,9-10H2,1H3. The molecule has 0 saturated heterocycles. The third-order valence-electron chi connectivity index (χ3n) is 5.13. The Balaban J connectivity index is 1.74. The van der Waals surface area contributed by atoms with Gasteiger partial charge >= 0.3 is 0 Å². The lowest BCUT2D eigenvalue weighted by Crippen LogP contribution is -2.33. The summed E-state index contributed by atoms with van der Waals surface area (Å²) in [6.07, 6.45) is 10.6. The second-order valence-electron chi connectivity index (χ2n) is 6.53. The molecule has 3 rings (SSSR count). The van der Waals surface area contributed by atoms with Crippen molar-refractivity contribution in [2.24, 2.45) is 11.8 Å². The topological polar surface area (TPSA) is 24.9 Å². The van der Waals surface area contributed by atoms with E-state index in [-0.39, 0.29) is 5.82 Å². The Morgan fingerprint density at radius 3 is 2.85 bits per heavy atom. The zero-order valence-electron chi connectivity index (χ0n) is 12.3.